The first kappa shape index (κ1) is 13.6. The maximum absolute atomic E-state index is 5.96. The van der Waals surface area contributed by atoms with Crippen LogP contribution >= 0.6 is 11.6 Å². The number of nitrogens with zero attached hydrogens (tertiary/aromatic N) is 3. The summed E-state index contributed by atoms with van der Waals surface area (Å²) in [5.41, 5.74) is 6.38. The highest BCUT2D eigenvalue weighted by atomic mass is 35.5. The molecule has 2 N–H and O–H groups in total. The van der Waals surface area contributed by atoms with Crippen molar-refractivity contribution < 1.29 is 9.15 Å². The second-order valence-corrected chi connectivity index (χ2v) is 5.20. The SMILES string of the molecule is CC(C)Oc1nc(N)nc(-c2cc3cc(Cl)ccc3o2)n1. The van der Waals surface area contributed by atoms with Gasteiger partial charge < -0.3 is 14.9 Å². The molecule has 0 unspecified atom stereocenters. The van der Waals surface area contributed by atoms with Crippen molar-refractivity contribution in [2.75, 3.05) is 5.73 Å². The predicted octanol–water partition coefficient (Wildman–Crippen LogP) is 3.31. The third kappa shape index (κ3) is 2.90. The number of furan rings is 1. The van der Waals surface area contributed by atoms with Gasteiger partial charge in [-0.05, 0) is 38.1 Å². The van der Waals surface area contributed by atoms with E-state index in [0.717, 1.165) is 5.39 Å². The van der Waals surface area contributed by atoms with Gasteiger partial charge in [0.25, 0.3) is 0 Å². The quantitative estimate of drug-likeness (QED) is 0.798. The van der Waals surface area contributed by atoms with Crippen molar-refractivity contribution >= 4 is 28.5 Å². The molecule has 0 spiro atoms. The standard InChI is InChI=1S/C14H13ClN4O2/c1-7(2)20-14-18-12(17-13(16)19-14)11-6-8-5-9(15)3-4-10(8)21-11/h3-7H,1-2H3,(H2,16,17,18,19). The number of hydrogen-bond donors (Lipinski definition) is 1. The van der Waals surface area contributed by atoms with Crippen LogP contribution in [0.1, 0.15) is 13.8 Å². The van der Waals surface area contributed by atoms with Crippen molar-refractivity contribution in [3.05, 3.63) is 29.3 Å². The first-order valence-electron chi connectivity index (χ1n) is 6.39. The van der Waals surface area contributed by atoms with Gasteiger partial charge in [-0.1, -0.05) is 11.6 Å². The van der Waals surface area contributed by atoms with Crippen molar-refractivity contribution in [1.29, 1.82) is 0 Å². The summed E-state index contributed by atoms with van der Waals surface area (Å²) in [5, 5.41) is 1.50. The molecule has 1 aromatic carbocycles. The summed E-state index contributed by atoms with van der Waals surface area (Å²) >= 11 is 5.96. The Hall–Kier alpha value is -2.34. The summed E-state index contributed by atoms with van der Waals surface area (Å²) < 4.78 is 11.1. The minimum atomic E-state index is -0.0610. The van der Waals surface area contributed by atoms with Gasteiger partial charge in [0.15, 0.2) is 5.76 Å². The molecule has 2 heterocycles. The molecule has 0 aliphatic rings. The van der Waals surface area contributed by atoms with E-state index in [2.05, 4.69) is 15.0 Å². The topological polar surface area (TPSA) is 87.1 Å². The molecule has 0 saturated heterocycles. The molecule has 0 atom stereocenters. The number of hydrogen-bond acceptors (Lipinski definition) is 6. The van der Waals surface area contributed by atoms with Crippen molar-refractivity contribution in [2.24, 2.45) is 0 Å². The fourth-order valence-electron chi connectivity index (χ4n) is 1.87. The number of anilines is 1. The second kappa shape index (κ2) is 5.21. The minimum Gasteiger partial charge on any atom is -0.461 e. The van der Waals surface area contributed by atoms with Crippen molar-refractivity contribution in [3.8, 4) is 17.6 Å². The van der Waals surface area contributed by atoms with Crippen LogP contribution in [0, 0.1) is 0 Å². The Balaban J connectivity index is 2.06. The van der Waals surface area contributed by atoms with Gasteiger partial charge in [-0.3, -0.25) is 0 Å². The van der Waals surface area contributed by atoms with Gasteiger partial charge >= 0.3 is 6.01 Å². The monoisotopic (exact) mass is 304 g/mol. The minimum absolute atomic E-state index is 0.0610. The van der Waals surface area contributed by atoms with Crippen LogP contribution in [0.2, 0.25) is 5.02 Å². The highest BCUT2D eigenvalue weighted by Gasteiger charge is 2.13. The Morgan fingerprint density at radius 2 is 2.00 bits per heavy atom. The van der Waals surface area contributed by atoms with Gasteiger partial charge in [-0.15, -0.1) is 0 Å². The Labute approximate surface area is 125 Å². The van der Waals surface area contributed by atoms with Crippen molar-refractivity contribution in [1.82, 2.24) is 15.0 Å². The first-order valence-corrected chi connectivity index (χ1v) is 6.77. The van der Waals surface area contributed by atoms with E-state index in [-0.39, 0.29) is 18.1 Å². The Bertz CT molecular complexity index is 801. The molecule has 108 valence electrons. The van der Waals surface area contributed by atoms with Crippen LogP contribution in [0.15, 0.2) is 28.7 Å². The van der Waals surface area contributed by atoms with E-state index in [9.17, 15) is 0 Å². The zero-order chi connectivity index (χ0) is 15.0. The zero-order valence-corrected chi connectivity index (χ0v) is 12.3. The number of nitrogen functional groups attached to an aromatic ring is 1. The van der Waals surface area contributed by atoms with Crippen molar-refractivity contribution in [3.63, 3.8) is 0 Å². The third-order valence-electron chi connectivity index (χ3n) is 2.67. The van der Waals surface area contributed by atoms with E-state index in [1.165, 1.54) is 0 Å². The van der Waals surface area contributed by atoms with Crippen LogP contribution in [0.3, 0.4) is 0 Å². The number of rotatable bonds is 3. The first-order chi connectivity index (χ1) is 10.0. The molecule has 0 fully saturated rings. The molecular formula is C14H13ClN4O2. The van der Waals surface area contributed by atoms with Gasteiger partial charge in [0.05, 0.1) is 6.10 Å². The van der Waals surface area contributed by atoms with E-state index in [1.807, 2.05) is 13.8 Å². The lowest BCUT2D eigenvalue weighted by Gasteiger charge is -2.08. The number of halogens is 1. The summed E-state index contributed by atoms with van der Waals surface area (Å²) in [6.07, 6.45) is -0.0610. The molecule has 0 saturated carbocycles. The van der Waals surface area contributed by atoms with Crippen LogP contribution in [0.5, 0.6) is 6.01 Å². The number of ether oxygens (including phenoxy) is 1. The van der Waals surface area contributed by atoms with Gasteiger partial charge in [0, 0.05) is 10.4 Å². The van der Waals surface area contributed by atoms with Gasteiger partial charge in [0.1, 0.15) is 5.58 Å². The maximum Gasteiger partial charge on any atom is 0.322 e. The number of aromatic nitrogens is 3. The van der Waals surface area contributed by atoms with Gasteiger partial charge in [-0.25, -0.2) is 0 Å². The summed E-state index contributed by atoms with van der Waals surface area (Å²) in [4.78, 5) is 12.2. The fraction of sp³-hybridized carbons (Fsp3) is 0.214. The molecule has 21 heavy (non-hydrogen) atoms. The van der Waals surface area contributed by atoms with E-state index < -0.39 is 0 Å². The summed E-state index contributed by atoms with van der Waals surface area (Å²) in [7, 11) is 0. The van der Waals surface area contributed by atoms with E-state index in [1.54, 1.807) is 24.3 Å². The Kier molecular flexibility index (Phi) is 3.39. The average Bonchev–Trinajstić information content (AvgIpc) is 2.80. The van der Waals surface area contributed by atoms with Gasteiger partial charge in [-0.2, -0.15) is 15.0 Å². The number of benzene rings is 1. The van der Waals surface area contributed by atoms with Crippen LogP contribution in [0.4, 0.5) is 5.95 Å². The highest BCUT2D eigenvalue weighted by molar-refractivity contribution is 6.31. The van der Waals surface area contributed by atoms with Crippen LogP contribution in [0.25, 0.3) is 22.6 Å². The molecule has 0 aliphatic heterocycles. The largest absolute Gasteiger partial charge is 0.461 e. The van der Waals surface area contributed by atoms with E-state index in [0.29, 0.717) is 22.2 Å². The number of fused-ring (bicyclic) bond motifs is 1. The Morgan fingerprint density at radius 3 is 2.76 bits per heavy atom. The molecule has 7 heteroatoms. The van der Waals surface area contributed by atoms with Gasteiger partial charge in [0.2, 0.25) is 11.8 Å². The maximum atomic E-state index is 5.96. The van der Waals surface area contributed by atoms with Crippen LogP contribution in [-0.2, 0) is 0 Å². The van der Waals surface area contributed by atoms with Crippen LogP contribution < -0.4 is 10.5 Å². The normalized spacial score (nSPS) is 11.2. The fourth-order valence-corrected chi connectivity index (χ4v) is 2.05. The second-order valence-electron chi connectivity index (χ2n) is 4.76. The molecule has 0 bridgehead atoms. The molecule has 3 aromatic rings. The lowest BCUT2D eigenvalue weighted by Crippen LogP contribution is -2.10. The predicted molar refractivity (Wildman–Crippen MR) is 80.2 cm³/mol. The summed E-state index contributed by atoms with van der Waals surface area (Å²) in [6, 6.07) is 7.32. The lowest BCUT2D eigenvalue weighted by molar-refractivity contribution is 0.222. The molecule has 2 aromatic heterocycles. The third-order valence-corrected chi connectivity index (χ3v) is 2.91. The van der Waals surface area contributed by atoms with E-state index >= 15 is 0 Å². The lowest BCUT2D eigenvalue weighted by atomic mass is 10.2. The molecular weight excluding hydrogens is 292 g/mol. The molecule has 0 aliphatic carbocycles. The summed E-state index contributed by atoms with van der Waals surface area (Å²) in [5.74, 6) is 0.884. The zero-order valence-electron chi connectivity index (χ0n) is 11.5. The molecule has 0 radical (unpaired) electrons. The van der Waals surface area contributed by atoms with Crippen molar-refractivity contribution in [2.45, 2.75) is 20.0 Å². The molecule has 3 rings (SSSR count). The van der Waals surface area contributed by atoms with E-state index in [4.69, 9.17) is 26.5 Å². The Morgan fingerprint density at radius 1 is 1.19 bits per heavy atom. The smallest absolute Gasteiger partial charge is 0.322 e. The molecule has 0 amide bonds. The highest BCUT2D eigenvalue weighted by Crippen LogP contribution is 2.28. The molecule has 6 nitrogen and oxygen atoms in total. The van der Waals surface area contributed by atoms with Crippen LogP contribution in [-0.4, -0.2) is 21.1 Å². The number of nitrogens with two attached hydrogens (primary N) is 1. The summed E-state index contributed by atoms with van der Waals surface area (Å²) in [6.45, 7) is 3.76. The average molecular weight is 305 g/mol.